The molecule has 0 aromatic carbocycles. The molecule has 2 heterocycles. The normalized spacial score (nSPS) is 15.0. The number of aryl methyl sites for hydroxylation is 1. The van der Waals surface area contributed by atoms with Gasteiger partial charge in [0.15, 0.2) is 10.2 Å². The zero-order valence-electron chi connectivity index (χ0n) is 16.0. The van der Waals surface area contributed by atoms with Crippen LogP contribution in [0.1, 0.15) is 38.3 Å². The lowest BCUT2D eigenvalue weighted by Crippen LogP contribution is -2.50. The fraction of sp³-hybridized carbons (Fsp3) is 0.667. The first-order valence-corrected chi connectivity index (χ1v) is 11.2. The van der Waals surface area contributed by atoms with Crippen molar-refractivity contribution in [2.45, 2.75) is 39.5 Å². The van der Waals surface area contributed by atoms with E-state index in [1.54, 1.807) is 6.92 Å². The molecule has 0 aliphatic carbocycles. The van der Waals surface area contributed by atoms with E-state index in [1.165, 1.54) is 23.1 Å². The summed E-state index contributed by atoms with van der Waals surface area (Å²) < 4.78 is 0. The van der Waals surface area contributed by atoms with Crippen molar-refractivity contribution in [3.63, 3.8) is 0 Å². The zero-order valence-corrected chi connectivity index (χ0v) is 17.7. The Hall–Kier alpha value is -1.45. The summed E-state index contributed by atoms with van der Waals surface area (Å²) in [7, 11) is 0. The van der Waals surface area contributed by atoms with Crippen LogP contribution in [0.2, 0.25) is 0 Å². The highest BCUT2D eigenvalue weighted by Gasteiger charge is 2.22. The molecule has 1 N–H and O–H groups in total. The van der Waals surface area contributed by atoms with Crippen LogP contribution in [0.25, 0.3) is 0 Å². The maximum absolute atomic E-state index is 12.3. The lowest BCUT2D eigenvalue weighted by molar-refractivity contribution is -0.133. The smallest absolute Gasteiger partial charge is 0.240 e. The summed E-state index contributed by atoms with van der Waals surface area (Å²) in [5.41, 5.74) is 0.903. The fourth-order valence-electron chi connectivity index (χ4n) is 2.86. The largest absolute Gasteiger partial charge is 0.340 e. The van der Waals surface area contributed by atoms with Crippen LogP contribution in [0.15, 0.2) is 5.38 Å². The van der Waals surface area contributed by atoms with Crippen LogP contribution >= 0.6 is 23.1 Å². The van der Waals surface area contributed by atoms with Crippen molar-refractivity contribution in [3.05, 3.63) is 11.1 Å². The monoisotopic (exact) mass is 412 g/mol. The number of hydrogen-bond acceptors (Lipinski definition) is 7. The first-order valence-electron chi connectivity index (χ1n) is 9.29. The molecule has 0 unspecified atom stereocenters. The van der Waals surface area contributed by atoms with E-state index in [-0.39, 0.29) is 16.9 Å². The van der Waals surface area contributed by atoms with Gasteiger partial charge in [-0.2, -0.15) is 0 Å². The Labute approximate surface area is 168 Å². The Balaban J connectivity index is 1.58. The van der Waals surface area contributed by atoms with Crippen LogP contribution < -0.4 is 5.32 Å². The van der Waals surface area contributed by atoms with Crippen molar-refractivity contribution in [2.75, 3.05) is 43.8 Å². The molecule has 9 heteroatoms. The number of thiazole rings is 1. The maximum atomic E-state index is 12.3. The van der Waals surface area contributed by atoms with Crippen molar-refractivity contribution in [3.8, 4) is 0 Å². The second kappa shape index (κ2) is 11.4. The fourth-order valence-corrected chi connectivity index (χ4v) is 4.20. The summed E-state index contributed by atoms with van der Waals surface area (Å²) in [4.78, 5) is 43.4. The van der Waals surface area contributed by atoms with E-state index in [0.29, 0.717) is 44.3 Å². The van der Waals surface area contributed by atoms with Gasteiger partial charge in [-0.1, -0.05) is 18.2 Å². The Morgan fingerprint density at radius 3 is 2.56 bits per heavy atom. The van der Waals surface area contributed by atoms with Crippen LogP contribution in [0.5, 0.6) is 0 Å². The second-order valence-electron chi connectivity index (χ2n) is 6.65. The number of hydrogen-bond donors (Lipinski definition) is 1. The van der Waals surface area contributed by atoms with Gasteiger partial charge in [-0.25, -0.2) is 4.98 Å². The molecule has 27 heavy (non-hydrogen) atoms. The Kier molecular flexibility index (Phi) is 9.23. The van der Waals surface area contributed by atoms with Crippen LogP contribution in [-0.4, -0.2) is 70.2 Å². The van der Waals surface area contributed by atoms with E-state index in [0.717, 1.165) is 30.7 Å². The number of carbonyl (C=O) groups is 3. The van der Waals surface area contributed by atoms with Gasteiger partial charge in [-0.15, -0.1) is 11.3 Å². The Bertz CT molecular complexity index is 642. The first kappa shape index (κ1) is 21.8. The second-order valence-corrected chi connectivity index (χ2v) is 8.78. The number of aromatic nitrogens is 1. The minimum atomic E-state index is -0.0624. The van der Waals surface area contributed by atoms with Crippen molar-refractivity contribution in [1.29, 1.82) is 0 Å². The molecule has 1 aliphatic rings. The summed E-state index contributed by atoms with van der Waals surface area (Å²) in [6.45, 7) is 6.57. The number of amides is 2. The molecule has 7 nitrogen and oxygen atoms in total. The first-order chi connectivity index (χ1) is 12.9. The van der Waals surface area contributed by atoms with Gasteiger partial charge in [0.2, 0.25) is 11.8 Å². The average molecular weight is 413 g/mol. The van der Waals surface area contributed by atoms with Gasteiger partial charge in [-0.05, 0) is 19.8 Å². The molecule has 1 aliphatic heterocycles. The highest BCUT2D eigenvalue weighted by Crippen LogP contribution is 2.14. The molecule has 1 fully saturated rings. The standard InChI is InChI=1S/C18H28N4O3S2/c1-14-13-27-18(19-14)20-16(24)12-21-7-9-22(10-8-21)17(25)6-4-3-5-11-26-15(2)23/h13H,3-12H2,1-2H3,(H,19,20,24). The minimum absolute atomic E-state index is 0.0624. The summed E-state index contributed by atoms with van der Waals surface area (Å²) >= 11 is 2.77. The molecule has 1 saturated heterocycles. The highest BCUT2D eigenvalue weighted by molar-refractivity contribution is 8.13. The third kappa shape index (κ3) is 8.40. The molecule has 0 bridgehead atoms. The van der Waals surface area contributed by atoms with Crippen LogP contribution in [0, 0.1) is 6.92 Å². The molecular weight excluding hydrogens is 384 g/mol. The van der Waals surface area contributed by atoms with Crippen LogP contribution in [0.3, 0.4) is 0 Å². The van der Waals surface area contributed by atoms with E-state index in [9.17, 15) is 14.4 Å². The maximum Gasteiger partial charge on any atom is 0.240 e. The van der Waals surface area contributed by atoms with Gasteiger partial charge in [-0.3, -0.25) is 19.3 Å². The van der Waals surface area contributed by atoms with Gasteiger partial charge in [0.25, 0.3) is 0 Å². The van der Waals surface area contributed by atoms with E-state index in [2.05, 4.69) is 15.2 Å². The predicted molar refractivity (Wildman–Crippen MR) is 110 cm³/mol. The Morgan fingerprint density at radius 2 is 1.93 bits per heavy atom. The number of piperazine rings is 1. The van der Waals surface area contributed by atoms with Crippen molar-refractivity contribution in [1.82, 2.24) is 14.8 Å². The number of rotatable bonds is 9. The molecule has 2 rings (SSSR count). The third-order valence-electron chi connectivity index (χ3n) is 4.30. The average Bonchev–Trinajstić information content (AvgIpc) is 3.02. The highest BCUT2D eigenvalue weighted by atomic mass is 32.2. The molecule has 0 atom stereocenters. The van der Waals surface area contributed by atoms with E-state index < -0.39 is 0 Å². The minimum Gasteiger partial charge on any atom is -0.340 e. The zero-order chi connectivity index (χ0) is 19.6. The molecule has 0 saturated carbocycles. The summed E-state index contributed by atoms with van der Waals surface area (Å²) in [5.74, 6) is 0.967. The van der Waals surface area contributed by atoms with Crippen molar-refractivity contribution in [2.24, 2.45) is 0 Å². The lowest BCUT2D eigenvalue weighted by Gasteiger charge is -2.34. The van der Waals surface area contributed by atoms with Gasteiger partial charge >= 0.3 is 0 Å². The van der Waals surface area contributed by atoms with Gasteiger partial charge in [0.1, 0.15) is 0 Å². The van der Waals surface area contributed by atoms with Crippen LogP contribution in [0.4, 0.5) is 5.13 Å². The van der Waals surface area contributed by atoms with E-state index in [1.807, 2.05) is 17.2 Å². The molecular formula is C18H28N4O3S2. The molecule has 1 aromatic heterocycles. The number of carbonyl (C=O) groups excluding carboxylic acids is 3. The van der Waals surface area contributed by atoms with Crippen molar-refractivity contribution >= 4 is 45.2 Å². The molecule has 2 amide bonds. The van der Waals surface area contributed by atoms with Gasteiger partial charge in [0, 0.05) is 50.7 Å². The number of unbranched alkanes of at least 4 members (excludes halogenated alkanes) is 2. The number of nitrogens with one attached hydrogen (secondary N) is 1. The number of anilines is 1. The molecule has 150 valence electrons. The third-order valence-corrected chi connectivity index (χ3v) is 6.07. The SMILES string of the molecule is CC(=O)SCCCCCC(=O)N1CCN(CC(=O)Nc2nc(C)cs2)CC1. The van der Waals surface area contributed by atoms with Crippen LogP contribution in [-0.2, 0) is 14.4 Å². The molecule has 1 aromatic rings. The number of nitrogens with zero attached hydrogens (tertiary/aromatic N) is 3. The van der Waals surface area contributed by atoms with E-state index in [4.69, 9.17) is 0 Å². The van der Waals surface area contributed by atoms with Gasteiger partial charge in [0.05, 0.1) is 12.2 Å². The quantitative estimate of drug-likeness (QED) is 0.627. The topological polar surface area (TPSA) is 82.6 Å². The lowest BCUT2D eigenvalue weighted by atomic mass is 10.2. The van der Waals surface area contributed by atoms with Crippen molar-refractivity contribution < 1.29 is 14.4 Å². The van der Waals surface area contributed by atoms with E-state index >= 15 is 0 Å². The summed E-state index contributed by atoms with van der Waals surface area (Å²) in [6.07, 6.45) is 3.38. The molecule has 0 radical (unpaired) electrons. The number of thioether (sulfide) groups is 1. The Morgan fingerprint density at radius 1 is 1.19 bits per heavy atom. The predicted octanol–water partition coefficient (Wildman–Crippen LogP) is 2.37. The molecule has 0 spiro atoms. The summed E-state index contributed by atoms with van der Waals surface area (Å²) in [5, 5.41) is 5.51. The van der Waals surface area contributed by atoms with Gasteiger partial charge < -0.3 is 10.2 Å². The summed E-state index contributed by atoms with van der Waals surface area (Å²) in [6, 6.07) is 0.